The van der Waals surface area contributed by atoms with Crippen LogP contribution in [-0.4, -0.2) is 188 Å². The Morgan fingerprint density at radius 1 is 0.892 bits per heavy atom. The van der Waals surface area contributed by atoms with E-state index in [4.69, 9.17) is 29.4 Å². The van der Waals surface area contributed by atoms with E-state index < -0.39 is 156 Å². The molecular formula is C47H74N5O21S-. The number of aliphatic hydroxyl groups excluding tert-OH is 3. The van der Waals surface area contributed by atoms with Gasteiger partial charge in [0.1, 0.15) is 54.9 Å². The minimum Gasteiger partial charge on any atom is -0.726 e. The van der Waals surface area contributed by atoms with Gasteiger partial charge < -0.3 is 64.4 Å². The number of nitrogens with zero attached hydrogens (tertiary/aromatic N) is 3. The fraction of sp³-hybridized carbons (Fsp3) is 0.766. The number of carbonyl (C=O) groups is 5. The lowest BCUT2D eigenvalue weighted by molar-refractivity contribution is -0.230. The van der Waals surface area contributed by atoms with E-state index in [1.165, 1.54) is 39.2 Å². The number of rotatable bonds is 31. The number of aromatic nitrogens is 2. The molecule has 1 aromatic rings. The molecule has 420 valence electrons. The Hall–Kier alpha value is -4.68. The van der Waals surface area contributed by atoms with E-state index in [0.29, 0.717) is 22.3 Å². The highest BCUT2D eigenvalue weighted by atomic mass is 32.3. The second-order valence-corrected chi connectivity index (χ2v) is 20.2. The van der Waals surface area contributed by atoms with E-state index in [1.807, 2.05) is 4.98 Å². The van der Waals surface area contributed by atoms with E-state index in [-0.39, 0.29) is 19.3 Å². The van der Waals surface area contributed by atoms with E-state index in [1.54, 1.807) is 6.92 Å². The van der Waals surface area contributed by atoms with Gasteiger partial charge in [0.05, 0.1) is 6.42 Å². The first-order valence-electron chi connectivity index (χ1n) is 25.1. The summed E-state index contributed by atoms with van der Waals surface area (Å²) in [4.78, 5) is 94.4. The maximum Gasteiger partial charge on any atom is 0.330 e. The molecule has 1 aromatic heterocycles. The van der Waals surface area contributed by atoms with Crippen molar-refractivity contribution in [2.45, 2.75) is 196 Å². The van der Waals surface area contributed by atoms with Crippen LogP contribution in [0.1, 0.15) is 123 Å². The molecule has 14 atom stereocenters. The van der Waals surface area contributed by atoms with E-state index >= 15 is 0 Å². The summed E-state index contributed by atoms with van der Waals surface area (Å²) in [5.41, 5.74) is 3.77. The van der Waals surface area contributed by atoms with Gasteiger partial charge in [-0.1, -0.05) is 70.9 Å². The van der Waals surface area contributed by atoms with Crippen molar-refractivity contribution in [2.24, 2.45) is 11.7 Å². The van der Waals surface area contributed by atoms with Crippen molar-refractivity contribution in [1.29, 1.82) is 0 Å². The number of hydrogen-bond donors (Lipinski definition) is 7. The van der Waals surface area contributed by atoms with E-state index in [2.05, 4.69) is 23.3 Å². The summed E-state index contributed by atoms with van der Waals surface area (Å²) in [7, 11) is -3.33. The average Bonchev–Trinajstić information content (AvgIpc) is 3.73. The molecule has 8 N–H and O–H groups in total. The Morgan fingerprint density at radius 2 is 1.53 bits per heavy atom. The van der Waals surface area contributed by atoms with Gasteiger partial charge in [-0.3, -0.25) is 42.6 Å². The van der Waals surface area contributed by atoms with Crippen molar-refractivity contribution in [3.8, 4) is 0 Å². The summed E-state index contributed by atoms with van der Waals surface area (Å²) in [6, 6.07) is -2.92. The van der Waals surface area contributed by atoms with Gasteiger partial charge >= 0.3 is 29.6 Å². The Labute approximate surface area is 429 Å². The zero-order chi connectivity index (χ0) is 54.9. The number of nitrogens with two attached hydrogens (primary N) is 1. The van der Waals surface area contributed by atoms with Gasteiger partial charge in [0.15, 0.2) is 24.7 Å². The lowest BCUT2D eigenvalue weighted by atomic mass is 9.97. The summed E-state index contributed by atoms with van der Waals surface area (Å²) in [6.45, 7) is 2.62. The molecular weight excluding hydrogens is 1000 g/mol. The van der Waals surface area contributed by atoms with Gasteiger partial charge in [0, 0.05) is 45.2 Å². The Kier molecular flexibility index (Phi) is 24.7. The predicted octanol–water partition coefficient (Wildman–Crippen LogP) is 0.0185. The minimum absolute atomic E-state index is 0.192. The molecule has 4 heterocycles. The van der Waals surface area contributed by atoms with Crippen molar-refractivity contribution < 1.29 is 90.3 Å². The van der Waals surface area contributed by atoms with Crippen LogP contribution in [0.25, 0.3) is 0 Å². The molecule has 4 rings (SSSR count). The standard InChI is InChI=1S/C47H75N5O21S/c1-5-6-7-8-9-10-11-12-13-14-15-16-17-18-19-28(68-33(56)23-27(2)22-32(54)55)24-34(57)69-30-26-50(3)36(43(61)51(4)35(30)45(62)63)40(72-46-42(73-74(65,66)67)37(58)29(25-48)70-46)41-38(59)39(60)44(71-41)52-21-20-31(53)49-47(52)64/h12-13,20-21,27-30,35-42,44,46,58-60H,5-11,14-19,22-26,48H2,1-4H3,(H,54,55)(H,62,63)(H,49,53,64)(H,65,66,67)/p-1/b13-12-/t27-,28+,29-,30+,35+,36+,37-,38+,39-,40+,41+,42-,44-,46+/m1/s1. The highest BCUT2D eigenvalue weighted by molar-refractivity contribution is 7.80. The number of likely N-dealkylation sites (N-methyl/N-ethyl adjacent to an activating group) is 2. The highest BCUT2D eigenvalue weighted by Crippen LogP contribution is 2.37. The smallest absolute Gasteiger partial charge is 0.330 e. The number of H-pyrrole nitrogens is 1. The third-order valence-electron chi connectivity index (χ3n) is 13.2. The molecule has 0 saturated carbocycles. The van der Waals surface area contributed by atoms with Gasteiger partial charge in [0.2, 0.25) is 16.3 Å². The third kappa shape index (κ3) is 18.3. The van der Waals surface area contributed by atoms with Crippen LogP contribution >= 0.6 is 0 Å². The van der Waals surface area contributed by atoms with Crippen molar-refractivity contribution in [2.75, 3.05) is 27.2 Å². The van der Waals surface area contributed by atoms with Gasteiger partial charge in [-0.25, -0.2) is 18.0 Å². The molecule has 0 bridgehead atoms. The molecule has 0 radical (unpaired) electrons. The zero-order valence-electron chi connectivity index (χ0n) is 42.2. The monoisotopic (exact) mass is 1080 g/mol. The number of nitrogens with one attached hydrogen (secondary N) is 1. The molecule has 1 amide bonds. The molecule has 74 heavy (non-hydrogen) atoms. The second kappa shape index (κ2) is 29.6. The summed E-state index contributed by atoms with van der Waals surface area (Å²) in [6.07, 6.45) is -3.89. The number of carboxylic acid groups (broad SMARTS) is 2. The largest absolute Gasteiger partial charge is 0.726 e. The van der Waals surface area contributed by atoms with Crippen molar-refractivity contribution >= 4 is 40.2 Å². The van der Waals surface area contributed by atoms with E-state index in [0.717, 1.165) is 56.3 Å². The van der Waals surface area contributed by atoms with Gasteiger partial charge in [-0.05, 0) is 51.5 Å². The summed E-state index contributed by atoms with van der Waals surface area (Å²) in [5, 5.41) is 53.5. The Morgan fingerprint density at radius 3 is 2.12 bits per heavy atom. The molecule has 3 aliphatic heterocycles. The number of aliphatic carboxylic acids is 2. The molecule has 0 aliphatic carbocycles. The Balaban J connectivity index is 1.58. The first-order valence-corrected chi connectivity index (χ1v) is 26.4. The molecule has 3 saturated heterocycles. The summed E-state index contributed by atoms with van der Waals surface area (Å²) in [5.74, 6) is -6.32. The first-order chi connectivity index (χ1) is 35.0. The highest BCUT2D eigenvalue weighted by Gasteiger charge is 2.57. The number of hydrogen-bond acceptors (Lipinski definition) is 21. The van der Waals surface area contributed by atoms with Crippen LogP contribution in [0.4, 0.5) is 0 Å². The predicted molar refractivity (Wildman–Crippen MR) is 256 cm³/mol. The quantitative estimate of drug-likeness (QED) is 0.0169. The molecule has 3 aliphatic rings. The maximum absolute atomic E-state index is 14.7. The average molecular weight is 1080 g/mol. The molecule has 0 spiro atoms. The van der Waals surface area contributed by atoms with Gasteiger partial charge in [-0.15, -0.1) is 0 Å². The number of amides is 1. The topological polar surface area (TPSA) is 386 Å². The summed E-state index contributed by atoms with van der Waals surface area (Å²) < 4.78 is 70.0. The molecule has 27 heteroatoms. The van der Waals surface area contributed by atoms with Crippen LogP contribution in [0.2, 0.25) is 0 Å². The zero-order valence-corrected chi connectivity index (χ0v) is 43.0. The molecule has 0 aromatic carbocycles. The Bertz CT molecular complexity index is 2260. The number of unbranched alkanes of at least 4 members (excludes halogenated alkanes) is 10. The van der Waals surface area contributed by atoms with Crippen LogP contribution < -0.4 is 17.0 Å². The fourth-order valence-corrected chi connectivity index (χ4v) is 9.88. The molecule has 3 fully saturated rings. The van der Waals surface area contributed by atoms with Crippen LogP contribution in [-0.2, 0) is 62.2 Å². The number of ether oxygens (including phenoxy) is 5. The van der Waals surface area contributed by atoms with Gasteiger partial charge in [0.25, 0.3) is 5.56 Å². The number of aromatic amines is 1. The third-order valence-corrected chi connectivity index (χ3v) is 13.7. The van der Waals surface area contributed by atoms with Gasteiger partial charge in [-0.2, -0.15) is 0 Å². The SMILES string of the molecule is CCCCCCCC/C=C\CCCCCC[C@@H](CC(=O)O[C@H]1CN(C)[C@@H]([C@H](O[C@@H]2O[C@H](CN)[C@@H](O)[C@H]2OS(=O)(=O)[O-])[C@H]2O[C@@H](n3ccc(=O)[nH]c3=O)[C@H](O)[C@@H]2O)C(=O)N(C)[C@@H]1C(=O)O)OC(=O)C[C@H](C)CC(=O)O. The molecule has 26 nitrogen and oxygen atoms in total. The van der Waals surface area contributed by atoms with Crippen molar-refractivity contribution in [3.05, 3.63) is 45.3 Å². The maximum atomic E-state index is 14.7. The summed E-state index contributed by atoms with van der Waals surface area (Å²) >= 11 is 0. The van der Waals surface area contributed by atoms with Crippen molar-refractivity contribution in [1.82, 2.24) is 19.4 Å². The minimum atomic E-state index is -5.62. The number of carbonyl (C=O) groups excluding carboxylic acids is 3. The number of esters is 2. The first kappa shape index (κ1) is 61.9. The fourth-order valence-electron chi connectivity index (χ4n) is 9.41. The number of aliphatic hydroxyl groups is 3. The lowest BCUT2D eigenvalue weighted by Gasteiger charge is -2.38. The number of carboxylic acids is 2. The van der Waals surface area contributed by atoms with Crippen LogP contribution in [0, 0.1) is 5.92 Å². The van der Waals surface area contributed by atoms with Crippen LogP contribution in [0.15, 0.2) is 34.0 Å². The second-order valence-electron chi connectivity index (χ2n) is 19.2. The molecule has 0 unspecified atom stereocenters. The van der Waals surface area contributed by atoms with Crippen molar-refractivity contribution in [3.63, 3.8) is 0 Å². The van der Waals surface area contributed by atoms with E-state index in [9.17, 15) is 72.1 Å². The van der Waals surface area contributed by atoms with Crippen LogP contribution in [0.3, 0.4) is 0 Å². The lowest BCUT2D eigenvalue weighted by Crippen LogP contribution is -2.60. The normalized spacial score (nSPS) is 28.0. The van der Waals surface area contributed by atoms with Crippen LogP contribution in [0.5, 0.6) is 0 Å². The number of allylic oxidation sites excluding steroid dienone is 2.